The number of aromatic nitrogens is 3. The van der Waals surface area contributed by atoms with Crippen LogP contribution in [0.15, 0.2) is 18.2 Å². The minimum Gasteiger partial charge on any atom is -0.356 e. The van der Waals surface area contributed by atoms with E-state index < -0.39 is 5.92 Å². The molecule has 2 aromatic heterocycles. The highest BCUT2D eigenvalue weighted by molar-refractivity contribution is 5.92. The van der Waals surface area contributed by atoms with Crippen molar-refractivity contribution in [2.45, 2.75) is 31.6 Å². The van der Waals surface area contributed by atoms with Crippen LogP contribution in [0.1, 0.15) is 25.7 Å². The van der Waals surface area contributed by atoms with Gasteiger partial charge < -0.3 is 4.90 Å². The molecule has 0 spiro atoms. The lowest BCUT2D eigenvalue weighted by atomic mass is 10.1. The lowest BCUT2D eigenvalue weighted by molar-refractivity contribution is -0.117. The molecule has 0 unspecified atom stereocenters. The van der Waals surface area contributed by atoms with Crippen LogP contribution in [0.4, 0.5) is 20.5 Å². The minimum absolute atomic E-state index is 0.0555. The van der Waals surface area contributed by atoms with Crippen LogP contribution < -0.4 is 10.2 Å². The summed E-state index contributed by atoms with van der Waals surface area (Å²) in [6, 6.07) is 5.43. The molecular weight excluding hydrogens is 304 g/mol. The van der Waals surface area contributed by atoms with E-state index in [9.17, 15) is 13.6 Å². The topological polar surface area (TPSA) is 62.5 Å². The van der Waals surface area contributed by atoms with Crippen LogP contribution in [0, 0.1) is 5.92 Å². The van der Waals surface area contributed by atoms with E-state index in [4.69, 9.17) is 0 Å². The van der Waals surface area contributed by atoms with Crippen molar-refractivity contribution < 1.29 is 13.6 Å². The SMILES string of the molecule is O=C(Nc1nc2cccc(N3CCC(F)(F)CC3)n2n1)C1CC1. The highest BCUT2D eigenvalue weighted by Crippen LogP contribution is 2.31. The largest absolute Gasteiger partial charge is 0.356 e. The molecule has 1 saturated carbocycles. The maximum Gasteiger partial charge on any atom is 0.251 e. The third-order valence-electron chi connectivity index (χ3n) is 4.34. The fourth-order valence-corrected chi connectivity index (χ4v) is 2.80. The van der Waals surface area contributed by atoms with Crippen LogP contribution in [0.5, 0.6) is 0 Å². The summed E-state index contributed by atoms with van der Waals surface area (Å²) in [7, 11) is 0. The van der Waals surface area contributed by atoms with Crippen molar-refractivity contribution >= 4 is 23.3 Å². The third-order valence-corrected chi connectivity index (χ3v) is 4.34. The Morgan fingerprint density at radius 1 is 1.26 bits per heavy atom. The fraction of sp³-hybridized carbons (Fsp3) is 0.533. The lowest BCUT2D eigenvalue weighted by Gasteiger charge is -2.33. The number of halogens is 2. The van der Waals surface area contributed by atoms with E-state index in [1.807, 2.05) is 17.0 Å². The molecule has 3 heterocycles. The second kappa shape index (κ2) is 5.14. The summed E-state index contributed by atoms with van der Waals surface area (Å²) in [4.78, 5) is 18.0. The van der Waals surface area contributed by atoms with Gasteiger partial charge in [0, 0.05) is 31.8 Å². The molecule has 122 valence electrons. The number of carbonyl (C=O) groups excluding carboxylic acids is 1. The summed E-state index contributed by atoms with van der Waals surface area (Å²) in [6.45, 7) is 0.547. The molecule has 1 aliphatic carbocycles. The average molecular weight is 321 g/mol. The molecule has 2 aliphatic rings. The van der Waals surface area contributed by atoms with Crippen LogP contribution in [-0.4, -0.2) is 39.5 Å². The van der Waals surface area contributed by atoms with Crippen molar-refractivity contribution in [3.63, 3.8) is 0 Å². The van der Waals surface area contributed by atoms with E-state index in [0.29, 0.717) is 5.65 Å². The molecule has 8 heteroatoms. The third kappa shape index (κ3) is 2.85. The van der Waals surface area contributed by atoms with E-state index in [1.165, 1.54) is 0 Å². The first-order valence-corrected chi connectivity index (χ1v) is 7.81. The van der Waals surface area contributed by atoms with Gasteiger partial charge in [-0.2, -0.15) is 9.50 Å². The zero-order valence-corrected chi connectivity index (χ0v) is 12.5. The zero-order valence-electron chi connectivity index (χ0n) is 12.5. The van der Waals surface area contributed by atoms with Crippen LogP contribution in [-0.2, 0) is 4.79 Å². The van der Waals surface area contributed by atoms with E-state index in [1.54, 1.807) is 10.6 Å². The molecule has 1 aliphatic heterocycles. The number of rotatable bonds is 3. The molecule has 1 amide bonds. The number of amides is 1. The number of hydrogen-bond acceptors (Lipinski definition) is 4. The monoisotopic (exact) mass is 321 g/mol. The number of piperidine rings is 1. The Morgan fingerprint density at radius 3 is 2.70 bits per heavy atom. The van der Waals surface area contributed by atoms with E-state index in [2.05, 4.69) is 15.4 Å². The van der Waals surface area contributed by atoms with Crippen molar-refractivity contribution in [2.24, 2.45) is 5.92 Å². The van der Waals surface area contributed by atoms with Gasteiger partial charge in [-0.25, -0.2) is 8.78 Å². The summed E-state index contributed by atoms with van der Waals surface area (Å²) < 4.78 is 28.3. The number of anilines is 2. The number of nitrogens with zero attached hydrogens (tertiary/aromatic N) is 4. The van der Waals surface area contributed by atoms with Crippen molar-refractivity contribution in [3.05, 3.63) is 18.2 Å². The van der Waals surface area contributed by atoms with Crippen LogP contribution in [0.3, 0.4) is 0 Å². The number of nitrogens with one attached hydrogen (secondary N) is 1. The van der Waals surface area contributed by atoms with Gasteiger partial charge in [-0.15, -0.1) is 5.10 Å². The minimum atomic E-state index is -2.59. The Morgan fingerprint density at radius 2 is 2.00 bits per heavy atom. The molecule has 1 N–H and O–H groups in total. The number of carbonyl (C=O) groups is 1. The number of hydrogen-bond donors (Lipinski definition) is 1. The van der Waals surface area contributed by atoms with Crippen molar-refractivity contribution in [1.82, 2.24) is 14.6 Å². The Balaban J connectivity index is 1.59. The Kier molecular flexibility index (Phi) is 3.21. The van der Waals surface area contributed by atoms with Crippen LogP contribution in [0.25, 0.3) is 5.65 Å². The molecule has 0 aromatic carbocycles. The van der Waals surface area contributed by atoms with Gasteiger partial charge in [0.15, 0.2) is 5.65 Å². The Hall–Kier alpha value is -2.25. The molecule has 2 fully saturated rings. The fourth-order valence-electron chi connectivity index (χ4n) is 2.80. The molecular formula is C15H17F2N5O. The molecule has 6 nitrogen and oxygen atoms in total. The van der Waals surface area contributed by atoms with Gasteiger partial charge >= 0.3 is 0 Å². The predicted octanol–water partition coefficient (Wildman–Crippen LogP) is 2.31. The van der Waals surface area contributed by atoms with Crippen molar-refractivity contribution in [3.8, 4) is 0 Å². The van der Waals surface area contributed by atoms with Gasteiger partial charge in [-0.3, -0.25) is 10.1 Å². The predicted molar refractivity (Wildman–Crippen MR) is 80.7 cm³/mol. The van der Waals surface area contributed by atoms with Crippen LogP contribution >= 0.6 is 0 Å². The Labute approximate surface area is 131 Å². The molecule has 2 aromatic rings. The molecule has 23 heavy (non-hydrogen) atoms. The standard InChI is InChI=1S/C15H17F2N5O/c16-15(17)6-8-21(9-7-15)12-3-1-2-11-18-14(20-22(11)12)19-13(23)10-4-5-10/h1-3,10H,4-9H2,(H,19,20,23). The second-order valence-corrected chi connectivity index (χ2v) is 6.20. The number of fused-ring (bicyclic) bond motifs is 1. The van der Waals surface area contributed by atoms with Gasteiger partial charge in [-0.1, -0.05) is 6.07 Å². The van der Waals surface area contributed by atoms with Gasteiger partial charge in [0.05, 0.1) is 0 Å². The normalized spacial score (nSPS) is 20.7. The molecule has 0 bridgehead atoms. The first-order valence-electron chi connectivity index (χ1n) is 7.81. The molecule has 0 radical (unpaired) electrons. The first-order chi connectivity index (χ1) is 11.0. The van der Waals surface area contributed by atoms with E-state index in [0.717, 1.165) is 18.7 Å². The van der Waals surface area contributed by atoms with Crippen molar-refractivity contribution in [2.75, 3.05) is 23.3 Å². The Bertz CT molecular complexity index is 745. The summed E-state index contributed by atoms with van der Waals surface area (Å²) in [5.74, 6) is -1.59. The second-order valence-electron chi connectivity index (χ2n) is 6.20. The summed E-state index contributed by atoms with van der Waals surface area (Å²) in [6.07, 6.45) is 1.49. The quantitative estimate of drug-likeness (QED) is 0.942. The van der Waals surface area contributed by atoms with Crippen molar-refractivity contribution in [1.29, 1.82) is 0 Å². The smallest absolute Gasteiger partial charge is 0.251 e. The van der Waals surface area contributed by atoms with Crippen LogP contribution in [0.2, 0.25) is 0 Å². The molecule has 4 rings (SSSR count). The van der Waals surface area contributed by atoms with E-state index in [-0.39, 0.29) is 43.7 Å². The van der Waals surface area contributed by atoms with Gasteiger partial charge in [0.25, 0.3) is 5.92 Å². The van der Waals surface area contributed by atoms with Gasteiger partial charge in [-0.05, 0) is 25.0 Å². The first kappa shape index (κ1) is 14.3. The summed E-state index contributed by atoms with van der Waals surface area (Å²) >= 11 is 0. The lowest BCUT2D eigenvalue weighted by Crippen LogP contribution is -2.40. The number of pyridine rings is 1. The van der Waals surface area contributed by atoms with Gasteiger partial charge in [0.1, 0.15) is 5.82 Å². The summed E-state index contributed by atoms with van der Waals surface area (Å²) in [5.41, 5.74) is 0.589. The maximum absolute atomic E-state index is 13.3. The number of alkyl halides is 2. The molecule has 1 saturated heterocycles. The maximum atomic E-state index is 13.3. The van der Waals surface area contributed by atoms with E-state index >= 15 is 0 Å². The van der Waals surface area contributed by atoms with Gasteiger partial charge in [0.2, 0.25) is 11.9 Å². The highest BCUT2D eigenvalue weighted by atomic mass is 19.3. The zero-order chi connectivity index (χ0) is 16.0. The highest BCUT2D eigenvalue weighted by Gasteiger charge is 2.35. The molecule has 0 atom stereocenters. The summed E-state index contributed by atoms with van der Waals surface area (Å²) in [5, 5.41) is 7.03. The average Bonchev–Trinajstić information content (AvgIpc) is 3.28.